The van der Waals surface area contributed by atoms with Crippen LogP contribution in [0.5, 0.6) is 0 Å². The Kier molecular flexibility index (Phi) is 15.8. The molecule has 19 rings (SSSR count). The van der Waals surface area contributed by atoms with Gasteiger partial charge in [-0.05, 0) is 199 Å². The molecule has 18 aromatic carbocycles. The summed E-state index contributed by atoms with van der Waals surface area (Å²) in [6.07, 6.45) is 0. The molecule has 0 bridgehead atoms. The van der Waals surface area contributed by atoms with Crippen LogP contribution >= 0.6 is 0 Å². The zero-order valence-corrected chi connectivity index (χ0v) is 57.7. The molecule has 0 amide bonds. The number of benzene rings is 18. The molecule has 494 valence electrons. The number of rotatable bonds is 16. The number of hydrogen-bond donors (Lipinski definition) is 0. The van der Waals surface area contributed by atoms with Crippen LogP contribution in [0.1, 0.15) is 22.3 Å². The Morgan fingerprint density at radius 1 is 0.152 bits per heavy atom. The Labute approximate surface area is 612 Å². The summed E-state index contributed by atoms with van der Waals surface area (Å²) in [6.45, 7) is 0. The molecule has 1 aliphatic rings. The van der Waals surface area contributed by atoms with E-state index < -0.39 is 5.41 Å². The fourth-order valence-corrected chi connectivity index (χ4v) is 16.4. The predicted molar refractivity (Wildman–Crippen MR) is 443 cm³/mol. The first-order valence-electron chi connectivity index (χ1n) is 36.1. The van der Waals surface area contributed by atoms with E-state index in [1.165, 1.54) is 76.5 Å². The SMILES string of the molecule is c1ccc(N(c2ccc(-c3ccc(N(c4ccc(C5(c6ccc(N(c7ccc(-c8ccc(N(c9ccccc9)c9cccc%10ccccc9%10)cc8)cc7)c7cccc8ccccc78)cc6)c6ccccc6-c6ccccc65)cc4)c4cccc5ccccc45)cc3)cc2)c2cccc3ccccc23)cc1. The van der Waals surface area contributed by atoms with Gasteiger partial charge in [0.25, 0.3) is 0 Å². The first kappa shape index (κ1) is 62.2. The summed E-state index contributed by atoms with van der Waals surface area (Å²) in [5.41, 5.74) is 24.5. The molecular weight excluding hydrogens is 1270 g/mol. The Bertz CT molecular complexity index is 5790. The number of para-hydroxylation sites is 2. The van der Waals surface area contributed by atoms with Gasteiger partial charge in [0.1, 0.15) is 0 Å². The molecule has 18 aromatic rings. The van der Waals surface area contributed by atoms with E-state index >= 15 is 0 Å². The van der Waals surface area contributed by atoms with Crippen molar-refractivity contribution in [3.63, 3.8) is 0 Å². The lowest BCUT2D eigenvalue weighted by Gasteiger charge is -2.35. The second kappa shape index (κ2) is 26.6. The summed E-state index contributed by atoms with van der Waals surface area (Å²) >= 11 is 0. The monoisotopic (exact) mass is 1340 g/mol. The molecule has 0 N–H and O–H groups in total. The van der Waals surface area contributed by atoms with Crippen molar-refractivity contribution in [1.82, 2.24) is 0 Å². The predicted octanol–water partition coefficient (Wildman–Crippen LogP) is 27.9. The molecule has 0 aromatic heterocycles. The maximum absolute atomic E-state index is 2.43. The second-order valence-electron chi connectivity index (χ2n) is 27.1. The molecule has 0 fully saturated rings. The molecule has 0 atom stereocenters. The van der Waals surface area contributed by atoms with Crippen LogP contribution in [0.15, 0.2) is 425 Å². The molecule has 4 nitrogen and oxygen atoms in total. The smallest absolute Gasteiger partial charge is 0.0713 e. The average Bonchev–Trinajstić information content (AvgIpc) is 1.55. The van der Waals surface area contributed by atoms with Crippen LogP contribution in [-0.4, -0.2) is 0 Å². The summed E-state index contributed by atoms with van der Waals surface area (Å²) in [5, 5.41) is 9.55. The van der Waals surface area contributed by atoms with Crippen LogP contribution in [-0.2, 0) is 5.41 Å². The molecule has 0 spiro atoms. The Balaban J connectivity index is 0.679. The maximum Gasteiger partial charge on any atom is 0.0713 e. The molecule has 0 radical (unpaired) electrons. The lowest BCUT2D eigenvalue weighted by Crippen LogP contribution is -2.28. The summed E-state index contributed by atoms with van der Waals surface area (Å²) in [6, 6.07) is 156. The van der Waals surface area contributed by atoms with Gasteiger partial charge in [0.15, 0.2) is 0 Å². The Morgan fingerprint density at radius 3 is 0.638 bits per heavy atom. The molecule has 0 heterocycles. The van der Waals surface area contributed by atoms with Gasteiger partial charge in [-0.1, -0.05) is 303 Å². The quantitative estimate of drug-likeness (QED) is 0.0956. The van der Waals surface area contributed by atoms with Crippen molar-refractivity contribution in [2.75, 3.05) is 19.6 Å². The highest BCUT2D eigenvalue weighted by molar-refractivity contribution is 6.03. The number of nitrogens with zero attached hydrogens (tertiary/aromatic N) is 4. The van der Waals surface area contributed by atoms with Crippen molar-refractivity contribution in [2.24, 2.45) is 0 Å². The third kappa shape index (κ3) is 11.0. The number of anilines is 12. The first-order valence-corrected chi connectivity index (χ1v) is 36.1. The van der Waals surface area contributed by atoms with Crippen LogP contribution in [0.25, 0.3) is 76.5 Å². The highest BCUT2D eigenvalue weighted by atomic mass is 15.2. The second-order valence-corrected chi connectivity index (χ2v) is 27.1. The van der Waals surface area contributed by atoms with Gasteiger partial charge < -0.3 is 19.6 Å². The van der Waals surface area contributed by atoms with Gasteiger partial charge in [0, 0.05) is 67.0 Å². The normalized spacial score (nSPS) is 12.1. The van der Waals surface area contributed by atoms with Crippen molar-refractivity contribution in [2.45, 2.75) is 5.41 Å². The molecule has 0 saturated carbocycles. The molecule has 1 aliphatic carbocycles. The average molecular weight is 1340 g/mol. The number of fused-ring (bicyclic) bond motifs is 7. The van der Waals surface area contributed by atoms with Gasteiger partial charge in [-0.3, -0.25) is 0 Å². The summed E-state index contributed by atoms with van der Waals surface area (Å²) in [7, 11) is 0. The Hall–Kier alpha value is -13.8. The maximum atomic E-state index is 2.43. The standard InChI is InChI=1S/C101H70N4/c1-3-31-81(32-4-1)102(97-43-19-27-75-23-7-11-35-89(75)97)83-59-47-71(48-60-83)73-51-63-85(64-52-73)104(99-45-21-29-77-25-9-13-37-91(77)99)87-67-55-79(56-68-87)101(95-41-17-15-39-93(95)94-40-16-18-42-96(94)101)80-57-69-88(70-58-80)105(100-46-22-30-78-26-10-14-38-92(78)100)86-65-53-74(54-66-86)72-49-61-84(62-50-72)103(82-33-5-2-6-34-82)98-44-20-28-76-24-8-12-36-90(76)98/h1-70H. The van der Waals surface area contributed by atoms with Crippen LogP contribution in [0.4, 0.5) is 68.2 Å². The largest absolute Gasteiger partial charge is 0.310 e. The van der Waals surface area contributed by atoms with Crippen molar-refractivity contribution in [3.8, 4) is 33.4 Å². The van der Waals surface area contributed by atoms with E-state index in [1.54, 1.807) is 0 Å². The van der Waals surface area contributed by atoms with Gasteiger partial charge in [-0.2, -0.15) is 0 Å². The van der Waals surface area contributed by atoms with Crippen LogP contribution < -0.4 is 19.6 Å². The van der Waals surface area contributed by atoms with Crippen LogP contribution in [0.2, 0.25) is 0 Å². The highest BCUT2D eigenvalue weighted by Crippen LogP contribution is 2.57. The van der Waals surface area contributed by atoms with Gasteiger partial charge in [0.2, 0.25) is 0 Å². The van der Waals surface area contributed by atoms with E-state index in [1.807, 2.05) is 0 Å². The van der Waals surface area contributed by atoms with E-state index in [9.17, 15) is 0 Å². The van der Waals surface area contributed by atoms with Crippen molar-refractivity contribution < 1.29 is 0 Å². The third-order valence-corrected chi connectivity index (χ3v) is 21.3. The van der Waals surface area contributed by atoms with E-state index in [-0.39, 0.29) is 0 Å². The highest BCUT2D eigenvalue weighted by Gasteiger charge is 2.46. The zero-order chi connectivity index (χ0) is 69.6. The van der Waals surface area contributed by atoms with Gasteiger partial charge >= 0.3 is 0 Å². The van der Waals surface area contributed by atoms with Crippen LogP contribution in [0.3, 0.4) is 0 Å². The van der Waals surface area contributed by atoms with Gasteiger partial charge in [0.05, 0.1) is 28.2 Å². The molecule has 105 heavy (non-hydrogen) atoms. The molecule has 0 saturated heterocycles. The molecule has 0 unspecified atom stereocenters. The lowest BCUT2D eigenvalue weighted by molar-refractivity contribution is 0.768. The fourth-order valence-electron chi connectivity index (χ4n) is 16.4. The minimum absolute atomic E-state index is 0.660. The van der Waals surface area contributed by atoms with Gasteiger partial charge in [-0.25, -0.2) is 0 Å². The summed E-state index contributed by atoms with van der Waals surface area (Å²) in [4.78, 5) is 9.58. The first-order chi connectivity index (χ1) is 52.1. The van der Waals surface area contributed by atoms with Crippen molar-refractivity contribution >= 4 is 111 Å². The zero-order valence-electron chi connectivity index (χ0n) is 57.7. The molecule has 0 aliphatic heterocycles. The minimum atomic E-state index is -0.660. The molecule has 4 heteroatoms. The topological polar surface area (TPSA) is 13.0 Å². The van der Waals surface area contributed by atoms with Gasteiger partial charge in [-0.15, -0.1) is 0 Å². The lowest BCUT2D eigenvalue weighted by atomic mass is 9.67. The summed E-state index contributed by atoms with van der Waals surface area (Å²) < 4.78 is 0. The third-order valence-electron chi connectivity index (χ3n) is 21.3. The van der Waals surface area contributed by atoms with Crippen molar-refractivity contribution in [3.05, 3.63) is 447 Å². The van der Waals surface area contributed by atoms with E-state index in [4.69, 9.17) is 0 Å². The Morgan fingerprint density at radius 2 is 0.362 bits per heavy atom. The fraction of sp³-hybridized carbons (Fsp3) is 0.00990. The summed E-state index contributed by atoms with van der Waals surface area (Å²) in [5.74, 6) is 0. The number of hydrogen-bond acceptors (Lipinski definition) is 4. The minimum Gasteiger partial charge on any atom is -0.310 e. The van der Waals surface area contributed by atoms with Crippen LogP contribution in [0, 0.1) is 0 Å². The van der Waals surface area contributed by atoms with E-state index in [0.717, 1.165) is 90.5 Å². The van der Waals surface area contributed by atoms with E-state index in [2.05, 4.69) is 444 Å². The molecular formula is C101H70N4. The van der Waals surface area contributed by atoms with Crippen molar-refractivity contribution in [1.29, 1.82) is 0 Å². The van der Waals surface area contributed by atoms with E-state index in [0.29, 0.717) is 0 Å².